The lowest BCUT2D eigenvalue weighted by atomic mass is 10.3. The van der Waals surface area contributed by atoms with Gasteiger partial charge in [-0.2, -0.15) is 0 Å². The van der Waals surface area contributed by atoms with Gasteiger partial charge in [-0.1, -0.05) is 0 Å². The van der Waals surface area contributed by atoms with Gasteiger partial charge in [-0.3, -0.25) is 4.57 Å². The van der Waals surface area contributed by atoms with Crippen LogP contribution in [0.3, 0.4) is 0 Å². The number of hydrogen-bond donors (Lipinski definition) is 3. The largest absolute Gasteiger partial charge is 0.399 e. The molecule has 21 heavy (non-hydrogen) atoms. The summed E-state index contributed by atoms with van der Waals surface area (Å²) in [5.41, 5.74) is 5.52. The fourth-order valence-electron chi connectivity index (χ4n) is 1.75. The summed E-state index contributed by atoms with van der Waals surface area (Å²) in [6.07, 6.45) is 0. The van der Waals surface area contributed by atoms with Crippen LogP contribution in [0.4, 0.5) is 5.69 Å². The highest BCUT2D eigenvalue weighted by Crippen LogP contribution is 2.32. The van der Waals surface area contributed by atoms with E-state index in [2.05, 4.69) is 10.2 Å². The molecule has 5 N–H and O–H groups in total. The van der Waals surface area contributed by atoms with E-state index >= 15 is 0 Å². The Morgan fingerprint density at radius 2 is 2.05 bits per heavy atom. The monoisotopic (exact) mass is 329 g/mol. The number of benzene rings is 1. The number of nitrogens with two attached hydrogens (primary N) is 2. The first kappa shape index (κ1) is 15.6. The lowest BCUT2D eigenvalue weighted by Crippen LogP contribution is -2.19. The Morgan fingerprint density at radius 3 is 2.62 bits per heavy atom. The summed E-state index contributed by atoms with van der Waals surface area (Å²) in [6.45, 7) is 3.65. The number of primary sulfonamides is 1. The van der Waals surface area contributed by atoms with Gasteiger partial charge in [0.05, 0.1) is 4.90 Å². The third-order valence-electron chi connectivity index (χ3n) is 2.66. The molecule has 0 bridgehead atoms. The first-order valence-electron chi connectivity index (χ1n) is 5.97. The minimum Gasteiger partial charge on any atom is -0.399 e. The molecule has 0 atom stereocenters. The summed E-state index contributed by atoms with van der Waals surface area (Å²) >= 11 is 1.03. The van der Waals surface area contributed by atoms with E-state index in [9.17, 15) is 13.2 Å². The zero-order valence-electron chi connectivity index (χ0n) is 11.4. The van der Waals surface area contributed by atoms with Crippen LogP contribution >= 0.6 is 11.8 Å². The van der Waals surface area contributed by atoms with E-state index in [0.29, 0.717) is 10.1 Å². The molecule has 0 spiro atoms. The minimum absolute atomic E-state index is 0.0988. The van der Waals surface area contributed by atoms with Gasteiger partial charge >= 0.3 is 5.69 Å². The number of aromatic amines is 1. The summed E-state index contributed by atoms with van der Waals surface area (Å²) < 4.78 is 24.7. The van der Waals surface area contributed by atoms with Gasteiger partial charge in [0.1, 0.15) is 0 Å². The van der Waals surface area contributed by atoms with Crippen molar-refractivity contribution >= 4 is 27.5 Å². The average Bonchev–Trinajstić information content (AvgIpc) is 2.71. The molecule has 0 unspecified atom stereocenters. The molecule has 114 valence electrons. The summed E-state index contributed by atoms with van der Waals surface area (Å²) in [6, 6.07) is 4.25. The van der Waals surface area contributed by atoms with E-state index in [1.165, 1.54) is 16.7 Å². The number of hydrogen-bond acceptors (Lipinski definition) is 6. The standard InChI is InChI=1S/C11H15N5O3S2/c1-6(2)16-10(17)14-15-11(16)20-8-4-3-7(12)5-9(8)21(13,18)19/h3-6H,12H2,1-2H3,(H,14,17)(H2,13,18,19). The molecule has 8 nitrogen and oxygen atoms in total. The highest BCUT2D eigenvalue weighted by molar-refractivity contribution is 8.00. The van der Waals surface area contributed by atoms with Crippen molar-refractivity contribution in [2.75, 3.05) is 5.73 Å². The van der Waals surface area contributed by atoms with E-state index in [0.717, 1.165) is 11.8 Å². The fraction of sp³-hybridized carbons (Fsp3) is 0.273. The molecule has 2 rings (SSSR count). The molecule has 1 aromatic carbocycles. The summed E-state index contributed by atoms with van der Waals surface area (Å²) in [7, 11) is -3.93. The van der Waals surface area contributed by atoms with Crippen molar-refractivity contribution in [2.24, 2.45) is 5.14 Å². The van der Waals surface area contributed by atoms with E-state index in [1.54, 1.807) is 6.07 Å². The van der Waals surface area contributed by atoms with Gasteiger partial charge in [0, 0.05) is 16.6 Å². The first-order valence-corrected chi connectivity index (χ1v) is 8.33. The highest BCUT2D eigenvalue weighted by atomic mass is 32.2. The van der Waals surface area contributed by atoms with Crippen LogP contribution in [0, 0.1) is 0 Å². The van der Waals surface area contributed by atoms with Gasteiger partial charge in [0.25, 0.3) is 0 Å². The second kappa shape index (κ2) is 5.54. The zero-order chi connectivity index (χ0) is 15.8. The lowest BCUT2D eigenvalue weighted by molar-refractivity contribution is 0.534. The van der Waals surface area contributed by atoms with Crippen LogP contribution in [0.5, 0.6) is 0 Å². The number of aromatic nitrogens is 3. The molecule has 10 heteroatoms. The Kier molecular flexibility index (Phi) is 4.12. The van der Waals surface area contributed by atoms with Crippen LogP contribution in [0.15, 0.2) is 37.9 Å². The summed E-state index contributed by atoms with van der Waals surface area (Å²) in [5, 5.41) is 11.8. The maximum Gasteiger partial charge on any atom is 0.344 e. The van der Waals surface area contributed by atoms with Crippen molar-refractivity contribution in [2.45, 2.75) is 34.8 Å². The predicted molar refractivity (Wildman–Crippen MR) is 79.6 cm³/mol. The van der Waals surface area contributed by atoms with Gasteiger partial charge < -0.3 is 5.73 Å². The number of H-pyrrole nitrogens is 1. The molecule has 0 saturated carbocycles. The van der Waals surface area contributed by atoms with E-state index in [-0.39, 0.29) is 22.3 Å². The van der Waals surface area contributed by atoms with Crippen LogP contribution < -0.4 is 16.6 Å². The second-order valence-electron chi connectivity index (χ2n) is 4.63. The Balaban J connectivity index is 2.53. The van der Waals surface area contributed by atoms with Crippen LogP contribution in [0.25, 0.3) is 0 Å². The molecule has 0 aliphatic heterocycles. The normalized spacial score (nSPS) is 12.0. The fourth-order valence-corrected chi connectivity index (χ4v) is 3.85. The Bertz CT molecular complexity index is 823. The molecule has 0 amide bonds. The van der Waals surface area contributed by atoms with Gasteiger partial charge in [-0.15, -0.1) is 5.10 Å². The lowest BCUT2D eigenvalue weighted by Gasteiger charge is -2.11. The number of nitrogens with zero attached hydrogens (tertiary/aromatic N) is 2. The summed E-state index contributed by atoms with van der Waals surface area (Å²) in [5.74, 6) is 0. The van der Waals surface area contributed by atoms with E-state index in [1.807, 2.05) is 13.8 Å². The Morgan fingerprint density at radius 1 is 1.38 bits per heavy atom. The quantitative estimate of drug-likeness (QED) is 0.700. The molecule has 1 heterocycles. The average molecular weight is 329 g/mol. The molecule has 0 saturated heterocycles. The predicted octanol–water partition coefficient (Wildman–Crippen LogP) is 0.533. The third kappa shape index (κ3) is 3.28. The molecule has 2 aromatic rings. The SMILES string of the molecule is CC(C)n1c(Sc2ccc(N)cc2S(N)(=O)=O)n[nH]c1=O. The van der Waals surface area contributed by atoms with Crippen molar-refractivity contribution in [3.63, 3.8) is 0 Å². The van der Waals surface area contributed by atoms with Crippen LogP contribution in [-0.4, -0.2) is 23.2 Å². The third-order valence-corrected chi connectivity index (χ3v) is 4.79. The van der Waals surface area contributed by atoms with Gasteiger partial charge in [-0.25, -0.2) is 23.4 Å². The number of nitrogens with one attached hydrogen (secondary N) is 1. The van der Waals surface area contributed by atoms with Crippen molar-refractivity contribution in [1.29, 1.82) is 0 Å². The zero-order valence-corrected chi connectivity index (χ0v) is 13.0. The molecule has 1 aromatic heterocycles. The first-order chi connectivity index (χ1) is 9.70. The maximum atomic E-state index is 11.7. The summed E-state index contributed by atoms with van der Waals surface area (Å²) in [4.78, 5) is 11.9. The number of nitrogen functional groups attached to an aromatic ring is 1. The molecule has 0 aliphatic carbocycles. The second-order valence-corrected chi connectivity index (χ2v) is 7.17. The number of anilines is 1. The van der Waals surface area contributed by atoms with Crippen molar-refractivity contribution in [3.05, 3.63) is 28.7 Å². The van der Waals surface area contributed by atoms with E-state index in [4.69, 9.17) is 10.9 Å². The number of sulfonamides is 1. The van der Waals surface area contributed by atoms with Gasteiger partial charge in [-0.05, 0) is 43.8 Å². The topological polar surface area (TPSA) is 137 Å². The molecular formula is C11H15N5O3S2. The number of rotatable bonds is 4. The molecular weight excluding hydrogens is 314 g/mol. The Labute approximate surface area is 125 Å². The minimum atomic E-state index is -3.93. The molecule has 0 aliphatic rings. The van der Waals surface area contributed by atoms with Crippen molar-refractivity contribution in [1.82, 2.24) is 14.8 Å². The van der Waals surface area contributed by atoms with Crippen LogP contribution in [-0.2, 0) is 10.0 Å². The molecule has 0 radical (unpaired) electrons. The van der Waals surface area contributed by atoms with Gasteiger partial charge in [0.2, 0.25) is 10.0 Å². The van der Waals surface area contributed by atoms with Gasteiger partial charge in [0.15, 0.2) is 5.16 Å². The maximum absolute atomic E-state index is 11.7. The van der Waals surface area contributed by atoms with Crippen molar-refractivity contribution in [3.8, 4) is 0 Å². The van der Waals surface area contributed by atoms with Crippen molar-refractivity contribution < 1.29 is 8.42 Å². The van der Waals surface area contributed by atoms with Crippen LogP contribution in [0.2, 0.25) is 0 Å². The molecule has 0 fully saturated rings. The Hall–Kier alpha value is -1.78. The van der Waals surface area contributed by atoms with Crippen LogP contribution in [0.1, 0.15) is 19.9 Å². The van der Waals surface area contributed by atoms with E-state index < -0.39 is 10.0 Å². The highest BCUT2D eigenvalue weighted by Gasteiger charge is 2.19. The smallest absolute Gasteiger partial charge is 0.344 e.